The first-order valence-corrected chi connectivity index (χ1v) is 7.66. The number of amides is 1. The minimum Gasteiger partial charge on any atom is -0.505 e. The summed E-state index contributed by atoms with van der Waals surface area (Å²) in [6, 6.07) is 3.99. The van der Waals surface area contributed by atoms with E-state index in [1.165, 1.54) is 12.1 Å². The first kappa shape index (κ1) is 16.7. The van der Waals surface area contributed by atoms with Crippen molar-refractivity contribution in [3.63, 3.8) is 0 Å². The first-order valence-electron chi connectivity index (χ1n) is 7.66. The molecule has 1 saturated heterocycles. The fourth-order valence-corrected chi connectivity index (χ4v) is 2.49. The molecule has 1 aliphatic rings. The lowest BCUT2D eigenvalue weighted by Crippen LogP contribution is -2.45. The Hall–Kier alpha value is -1.66. The third-order valence-electron chi connectivity index (χ3n) is 3.81. The molecule has 6 heteroatoms. The molecule has 1 amide bonds. The first-order chi connectivity index (χ1) is 10.6. The van der Waals surface area contributed by atoms with Gasteiger partial charge in [0.05, 0.1) is 19.1 Å². The quantitative estimate of drug-likeness (QED) is 0.831. The molecule has 2 N–H and O–H groups in total. The predicted octanol–water partition coefficient (Wildman–Crippen LogP) is 1.30. The Balaban J connectivity index is 1.70. The number of phenolic OH excluding ortho intramolecular Hbond substituents is 1. The lowest BCUT2D eigenvalue weighted by molar-refractivity contribution is -0.120. The topological polar surface area (TPSA) is 61.8 Å². The van der Waals surface area contributed by atoms with Crippen molar-refractivity contribution in [2.24, 2.45) is 0 Å². The number of carbonyl (C=O) groups is 1. The SMILES string of the molecule is CCC1CN(CCNC(=O)Cc2ccc(O)c(F)c2)CCO1. The van der Waals surface area contributed by atoms with Gasteiger partial charge in [-0.15, -0.1) is 0 Å². The van der Waals surface area contributed by atoms with Crippen LogP contribution in [-0.2, 0) is 16.0 Å². The van der Waals surface area contributed by atoms with Gasteiger partial charge in [-0.2, -0.15) is 0 Å². The summed E-state index contributed by atoms with van der Waals surface area (Å²) in [4.78, 5) is 14.1. The maximum absolute atomic E-state index is 13.2. The van der Waals surface area contributed by atoms with E-state index in [1.807, 2.05) is 0 Å². The van der Waals surface area contributed by atoms with Crippen molar-refractivity contribution in [2.45, 2.75) is 25.9 Å². The number of ether oxygens (including phenoxy) is 1. The summed E-state index contributed by atoms with van der Waals surface area (Å²) in [5.41, 5.74) is 0.546. The van der Waals surface area contributed by atoms with Gasteiger partial charge in [-0.05, 0) is 24.1 Å². The molecular weight excluding hydrogens is 287 g/mol. The zero-order valence-electron chi connectivity index (χ0n) is 12.8. The molecule has 1 aromatic rings. The van der Waals surface area contributed by atoms with Crippen molar-refractivity contribution >= 4 is 5.91 Å². The minimum absolute atomic E-state index is 0.109. The van der Waals surface area contributed by atoms with Gasteiger partial charge in [0.25, 0.3) is 0 Å². The summed E-state index contributed by atoms with van der Waals surface area (Å²) in [5.74, 6) is -1.25. The van der Waals surface area contributed by atoms with E-state index in [1.54, 1.807) is 6.07 Å². The Kier molecular flexibility index (Phi) is 6.15. The van der Waals surface area contributed by atoms with E-state index in [9.17, 15) is 9.18 Å². The van der Waals surface area contributed by atoms with Crippen molar-refractivity contribution in [1.82, 2.24) is 10.2 Å². The van der Waals surface area contributed by atoms with Gasteiger partial charge >= 0.3 is 0 Å². The van der Waals surface area contributed by atoms with E-state index >= 15 is 0 Å². The average Bonchev–Trinajstić information content (AvgIpc) is 2.51. The molecule has 0 aliphatic carbocycles. The van der Waals surface area contributed by atoms with Gasteiger partial charge in [0.1, 0.15) is 0 Å². The zero-order chi connectivity index (χ0) is 15.9. The summed E-state index contributed by atoms with van der Waals surface area (Å²) in [6.07, 6.45) is 1.39. The van der Waals surface area contributed by atoms with Gasteiger partial charge in [0.2, 0.25) is 5.91 Å². The Bertz CT molecular complexity index is 510. The summed E-state index contributed by atoms with van der Waals surface area (Å²) in [7, 11) is 0. The van der Waals surface area contributed by atoms with E-state index in [0.717, 1.165) is 32.7 Å². The van der Waals surface area contributed by atoms with Crippen LogP contribution in [0.1, 0.15) is 18.9 Å². The van der Waals surface area contributed by atoms with Crippen LogP contribution >= 0.6 is 0 Å². The van der Waals surface area contributed by atoms with Gasteiger partial charge in [0, 0.05) is 26.2 Å². The van der Waals surface area contributed by atoms with E-state index in [0.29, 0.717) is 12.1 Å². The van der Waals surface area contributed by atoms with E-state index < -0.39 is 11.6 Å². The Labute approximate surface area is 130 Å². The van der Waals surface area contributed by atoms with Gasteiger partial charge in [-0.3, -0.25) is 9.69 Å². The highest BCUT2D eigenvalue weighted by Gasteiger charge is 2.18. The van der Waals surface area contributed by atoms with Crippen LogP contribution in [0.4, 0.5) is 4.39 Å². The molecule has 0 saturated carbocycles. The molecule has 22 heavy (non-hydrogen) atoms. The average molecular weight is 310 g/mol. The monoisotopic (exact) mass is 310 g/mol. The second kappa shape index (κ2) is 8.10. The molecule has 0 radical (unpaired) electrons. The van der Waals surface area contributed by atoms with E-state index in [-0.39, 0.29) is 18.4 Å². The standard InChI is InChI=1S/C16H23FN2O3/c1-2-13-11-19(7-8-22-13)6-5-18-16(21)10-12-3-4-15(20)14(17)9-12/h3-4,9,13,20H,2,5-8,10-11H2,1H3,(H,18,21). The number of rotatable bonds is 6. The molecule has 1 aromatic carbocycles. The number of aromatic hydroxyl groups is 1. The highest BCUT2D eigenvalue weighted by atomic mass is 19.1. The molecule has 122 valence electrons. The summed E-state index contributed by atoms with van der Waals surface area (Å²) in [6.45, 7) is 5.97. The van der Waals surface area contributed by atoms with Crippen LogP contribution in [0.5, 0.6) is 5.75 Å². The van der Waals surface area contributed by atoms with Crippen LogP contribution in [0, 0.1) is 5.82 Å². The normalized spacial score (nSPS) is 19.1. The fraction of sp³-hybridized carbons (Fsp3) is 0.562. The molecule has 1 atom stereocenters. The number of carbonyl (C=O) groups excluding carboxylic acids is 1. The maximum atomic E-state index is 13.2. The van der Waals surface area contributed by atoms with Crippen molar-refractivity contribution in [3.05, 3.63) is 29.6 Å². The van der Waals surface area contributed by atoms with Crippen LogP contribution < -0.4 is 5.32 Å². The third-order valence-corrected chi connectivity index (χ3v) is 3.81. The Morgan fingerprint density at radius 3 is 3.09 bits per heavy atom. The molecule has 0 bridgehead atoms. The number of nitrogens with one attached hydrogen (secondary N) is 1. The van der Waals surface area contributed by atoms with Gasteiger partial charge in [0.15, 0.2) is 11.6 Å². The van der Waals surface area contributed by atoms with E-state index in [2.05, 4.69) is 17.1 Å². The van der Waals surface area contributed by atoms with Gasteiger partial charge in [-0.1, -0.05) is 13.0 Å². The molecule has 1 unspecified atom stereocenters. The number of morpholine rings is 1. The molecule has 0 spiro atoms. The Morgan fingerprint density at radius 2 is 2.36 bits per heavy atom. The van der Waals surface area contributed by atoms with Crippen LogP contribution in [0.15, 0.2) is 18.2 Å². The molecular formula is C16H23FN2O3. The fourth-order valence-electron chi connectivity index (χ4n) is 2.49. The van der Waals surface area contributed by atoms with Gasteiger partial charge < -0.3 is 15.2 Å². The third kappa shape index (κ3) is 4.96. The zero-order valence-corrected chi connectivity index (χ0v) is 12.8. The van der Waals surface area contributed by atoms with Crippen molar-refractivity contribution in [3.8, 4) is 5.75 Å². The molecule has 1 fully saturated rings. The number of nitrogens with zero attached hydrogens (tertiary/aromatic N) is 1. The van der Waals surface area contributed by atoms with Crippen LogP contribution in [0.2, 0.25) is 0 Å². The minimum atomic E-state index is -0.704. The van der Waals surface area contributed by atoms with Gasteiger partial charge in [-0.25, -0.2) is 4.39 Å². The highest BCUT2D eigenvalue weighted by molar-refractivity contribution is 5.78. The lowest BCUT2D eigenvalue weighted by atomic mass is 10.1. The maximum Gasteiger partial charge on any atom is 0.224 e. The summed E-state index contributed by atoms with van der Waals surface area (Å²) < 4.78 is 18.8. The number of halogens is 1. The smallest absolute Gasteiger partial charge is 0.224 e. The molecule has 5 nitrogen and oxygen atoms in total. The lowest BCUT2D eigenvalue weighted by Gasteiger charge is -2.32. The van der Waals surface area contributed by atoms with Crippen molar-refractivity contribution in [2.75, 3.05) is 32.8 Å². The van der Waals surface area contributed by atoms with Crippen LogP contribution in [-0.4, -0.2) is 54.8 Å². The second-order valence-corrected chi connectivity index (χ2v) is 5.51. The molecule has 1 aliphatic heterocycles. The summed E-state index contributed by atoms with van der Waals surface area (Å²) >= 11 is 0. The van der Waals surface area contributed by atoms with Crippen LogP contribution in [0.3, 0.4) is 0 Å². The molecule has 1 heterocycles. The highest BCUT2D eigenvalue weighted by Crippen LogP contribution is 2.16. The number of hydrogen-bond acceptors (Lipinski definition) is 4. The number of benzene rings is 1. The molecule has 0 aromatic heterocycles. The molecule has 2 rings (SSSR count). The van der Waals surface area contributed by atoms with E-state index in [4.69, 9.17) is 9.84 Å². The predicted molar refractivity (Wildman–Crippen MR) is 81.2 cm³/mol. The number of hydrogen-bond donors (Lipinski definition) is 2. The van der Waals surface area contributed by atoms with Crippen molar-refractivity contribution in [1.29, 1.82) is 0 Å². The largest absolute Gasteiger partial charge is 0.505 e. The van der Waals surface area contributed by atoms with Crippen LogP contribution in [0.25, 0.3) is 0 Å². The number of phenols is 1. The second-order valence-electron chi connectivity index (χ2n) is 5.51. The van der Waals surface area contributed by atoms with Crippen molar-refractivity contribution < 1.29 is 19.0 Å². The Morgan fingerprint density at radius 1 is 1.55 bits per heavy atom. The summed E-state index contributed by atoms with van der Waals surface area (Å²) in [5, 5.41) is 12.0.